The van der Waals surface area contributed by atoms with Gasteiger partial charge in [0.25, 0.3) is 0 Å². The molecule has 0 aliphatic carbocycles. The van der Waals surface area contributed by atoms with Gasteiger partial charge in [0.05, 0.1) is 12.0 Å². The van der Waals surface area contributed by atoms with Crippen molar-refractivity contribution in [3.8, 4) is 0 Å². The molecule has 0 aromatic carbocycles. The SMILES string of the molecule is CN(C)NC1(CC(=O)O)CNC1. The summed E-state index contributed by atoms with van der Waals surface area (Å²) in [4.78, 5) is 10.5. The van der Waals surface area contributed by atoms with Crippen LogP contribution in [0.3, 0.4) is 0 Å². The first-order valence-electron chi connectivity index (χ1n) is 3.92. The van der Waals surface area contributed by atoms with Crippen LogP contribution < -0.4 is 10.7 Å². The summed E-state index contributed by atoms with van der Waals surface area (Å²) in [6.45, 7) is 1.44. The van der Waals surface area contributed by atoms with E-state index in [0.29, 0.717) is 0 Å². The molecule has 1 heterocycles. The lowest BCUT2D eigenvalue weighted by Gasteiger charge is -2.44. The van der Waals surface area contributed by atoms with Gasteiger partial charge in [-0.15, -0.1) is 0 Å². The van der Waals surface area contributed by atoms with Gasteiger partial charge in [-0.1, -0.05) is 0 Å². The van der Waals surface area contributed by atoms with E-state index in [9.17, 15) is 4.79 Å². The van der Waals surface area contributed by atoms with Crippen molar-refractivity contribution in [1.29, 1.82) is 0 Å². The second-order valence-corrected chi connectivity index (χ2v) is 3.46. The third kappa shape index (κ3) is 2.17. The summed E-state index contributed by atoms with van der Waals surface area (Å²) < 4.78 is 0. The predicted molar refractivity (Wildman–Crippen MR) is 44.7 cm³/mol. The average Bonchev–Trinajstić information content (AvgIpc) is 1.80. The lowest BCUT2D eigenvalue weighted by molar-refractivity contribution is -0.140. The van der Waals surface area contributed by atoms with Crippen molar-refractivity contribution >= 4 is 5.97 Å². The van der Waals surface area contributed by atoms with E-state index in [1.54, 1.807) is 5.01 Å². The van der Waals surface area contributed by atoms with Crippen LogP contribution in [-0.2, 0) is 4.79 Å². The number of carbonyl (C=O) groups is 1. The van der Waals surface area contributed by atoms with E-state index < -0.39 is 5.97 Å². The van der Waals surface area contributed by atoms with Crippen molar-refractivity contribution in [3.63, 3.8) is 0 Å². The number of nitrogens with zero attached hydrogens (tertiary/aromatic N) is 1. The lowest BCUT2D eigenvalue weighted by Crippen LogP contribution is -2.70. The second kappa shape index (κ2) is 3.38. The molecule has 1 fully saturated rings. The second-order valence-electron chi connectivity index (χ2n) is 3.46. The van der Waals surface area contributed by atoms with Crippen molar-refractivity contribution in [2.75, 3.05) is 27.2 Å². The van der Waals surface area contributed by atoms with E-state index in [-0.39, 0.29) is 12.0 Å². The van der Waals surface area contributed by atoms with Crippen LogP contribution in [0.1, 0.15) is 6.42 Å². The van der Waals surface area contributed by atoms with Crippen LogP contribution in [0.25, 0.3) is 0 Å². The van der Waals surface area contributed by atoms with E-state index in [1.807, 2.05) is 14.1 Å². The number of carboxylic acids is 1. The summed E-state index contributed by atoms with van der Waals surface area (Å²) in [7, 11) is 3.73. The molecule has 0 saturated carbocycles. The summed E-state index contributed by atoms with van der Waals surface area (Å²) in [6, 6.07) is 0. The van der Waals surface area contributed by atoms with E-state index >= 15 is 0 Å². The van der Waals surface area contributed by atoms with E-state index in [1.165, 1.54) is 0 Å². The lowest BCUT2D eigenvalue weighted by atomic mass is 9.89. The number of nitrogens with one attached hydrogen (secondary N) is 2. The smallest absolute Gasteiger partial charge is 0.305 e. The normalized spacial score (nSPS) is 20.6. The van der Waals surface area contributed by atoms with Gasteiger partial charge < -0.3 is 10.4 Å². The highest BCUT2D eigenvalue weighted by atomic mass is 16.4. The number of aliphatic carboxylic acids is 1. The monoisotopic (exact) mass is 173 g/mol. The van der Waals surface area contributed by atoms with Gasteiger partial charge in [0.15, 0.2) is 0 Å². The topological polar surface area (TPSA) is 64.6 Å². The fraction of sp³-hybridized carbons (Fsp3) is 0.857. The molecule has 0 atom stereocenters. The zero-order valence-electron chi connectivity index (χ0n) is 7.42. The summed E-state index contributed by atoms with van der Waals surface area (Å²) in [5, 5.41) is 13.5. The minimum atomic E-state index is -0.758. The van der Waals surface area contributed by atoms with Gasteiger partial charge in [-0.3, -0.25) is 4.79 Å². The van der Waals surface area contributed by atoms with Gasteiger partial charge >= 0.3 is 5.97 Å². The number of hydrazine groups is 1. The first-order valence-corrected chi connectivity index (χ1v) is 3.92. The molecular formula is C7H15N3O2. The molecule has 0 spiro atoms. The molecule has 1 aliphatic heterocycles. The van der Waals surface area contributed by atoms with Crippen LogP contribution >= 0.6 is 0 Å². The first-order chi connectivity index (χ1) is 5.54. The van der Waals surface area contributed by atoms with Crippen molar-refractivity contribution in [3.05, 3.63) is 0 Å². The molecule has 0 amide bonds. The Kier molecular flexibility index (Phi) is 2.66. The molecule has 0 aromatic rings. The molecule has 1 saturated heterocycles. The number of hydrogen-bond acceptors (Lipinski definition) is 4. The third-order valence-electron chi connectivity index (χ3n) is 1.88. The van der Waals surface area contributed by atoms with Gasteiger partial charge in [-0.05, 0) is 0 Å². The molecule has 70 valence electrons. The molecule has 5 heteroatoms. The van der Waals surface area contributed by atoms with E-state index in [4.69, 9.17) is 5.11 Å². The van der Waals surface area contributed by atoms with Crippen LogP contribution in [0.5, 0.6) is 0 Å². The zero-order valence-corrected chi connectivity index (χ0v) is 7.42. The summed E-state index contributed by atoms with van der Waals surface area (Å²) in [6.07, 6.45) is 0.165. The van der Waals surface area contributed by atoms with Gasteiger partial charge in [0.1, 0.15) is 0 Å². The molecule has 1 rings (SSSR count). The molecule has 0 bridgehead atoms. The molecule has 0 aromatic heterocycles. The van der Waals surface area contributed by atoms with E-state index in [0.717, 1.165) is 13.1 Å². The molecule has 3 N–H and O–H groups in total. The third-order valence-corrected chi connectivity index (χ3v) is 1.88. The maximum atomic E-state index is 10.5. The van der Waals surface area contributed by atoms with Crippen molar-refractivity contribution in [1.82, 2.24) is 15.8 Å². The summed E-state index contributed by atoms with van der Waals surface area (Å²) in [5.41, 5.74) is 2.85. The number of carboxylic acid groups (broad SMARTS) is 1. The van der Waals surface area contributed by atoms with Crippen LogP contribution in [0.15, 0.2) is 0 Å². The van der Waals surface area contributed by atoms with Gasteiger partial charge in [0.2, 0.25) is 0 Å². The van der Waals surface area contributed by atoms with Crippen LogP contribution in [0.4, 0.5) is 0 Å². The van der Waals surface area contributed by atoms with Gasteiger partial charge in [-0.25, -0.2) is 10.4 Å². The van der Waals surface area contributed by atoms with Gasteiger partial charge in [-0.2, -0.15) is 0 Å². The maximum absolute atomic E-state index is 10.5. The fourth-order valence-corrected chi connectivity index (χ4v) is 1.43. The average molecular weight is 173 g/mol. The Morgan fingerprint density at radius 2 is 2.25 bits per heavy atom. The van der Waals surface area contributed by atoms with Crippen LogP contribution in [0, 0.1) is 0 Å². The predicted octanol–water partition coefficient (Wildman–Crippen LogP) is -1.13. The van der Waals surface area contributed by atoms with Crippen molar-refractivity contribution in [2.45, 2.75) is 12.0 Å². The number of hydrogen-bond donors (Lipinski definition) is 3. The Morgan fingerprint density at radius 3 is 2.50 bits per heavy atom. The molecule has 1 aliphatic rings. The molecular weight excluding hydrogens is 158 g/mol. The molecule has 12 heavy (non-hydrogen) atoms. The highest BCUT2D eigenvalue weighted by Gasteiger charge is 2.39. The highest BCUT2D eigenvalue weighted by molar-refractivity contribution is 5.68. The standard InChI is InChI=1S/C7H15N3O2/c1-10(2)9-7(3-6(11)12)4-8-5-7/h8-9H,3-5H2,1-2H3,(H,11,12). The minimum absolute atomic E-state index is 0.165. The van der Waals surface area contributed by atoms with E-state index in [2.05, 4.69) is 10.7 Å². The minimum Gasteiger partial charge on any atom is -0.481 e. The largest absolute Gasteiger partial charge is 0.481 e. The Hall–Kier alpha value is -0.650. The summed E-state index contributed by atoms with van der Waals surface area (Å²) in [5.74, 6) is -0.758. The molecule has 0 radical (unpaired) electrons. The Bertz CT molecular complexity index is 177. The highest BCUT2D eigenvalue weighted by Crippen LogP contribution is 2.15. The van der Waals surface area contributed by atoms with Gasteiger partial charge in [0, 0.05) is 27.2 Å². The maximum Gasteiger partial charge on any atom is 0.305 e. The zero-order chi connectivity index (χ0) is 9.19. The molecule has 0 unspecified atom stereocenters. The van der Waals surface area contributed by atoms with Crippen molar-refractivity contribution < 1.29 is 9.90 Å². The Balaban J connectivity index is 2.45. The quantitative estimate of drug-likeness (QED) is 0.469. The van der Waals surface area contributed by atoms with Crippen LogP contribution in [0.2, 0.25) is 0 Å². The van der Waals surface area contributed by atoms with Crippen molar-refractivity contribution in [2.24, 2.45) is 0 Å². The first kappa shape index (κ1) is 9.44. The number of rotatable bonds is 4. The summed E-state index contributed by atoms with van der Waals surface area (Å²) >= 11 is 0. The van der Waals surface area contributed by atoms with Crippen LogP contribution in [-0.4, -0.2) is 48.8 Å². The molecule has 5 nitrogen and oxygen atoms in total. The Morgan fingerprint density at radius 1 is 1.67 bits per heavy atom. The Labute approximate surface area is 71.7 Å². The fourth-order valence-electron chi connectivity index (χ4n) is 1.43.